The van der Waals surface area contributed by atoms with Crippen molar-refractivity contribution in [3.63, 3.8) is 0 Å². The number of aryl methyl sites for hydroxylation is 2. The third-order valence-electron chi connectivity index (χ3n) is 3.99. The summed E-state index contributed by atoms with van der Waals surface area (Å²) in [6.07, 6.45) is 6.30. The smallest absolute Gasteiger partial charge is 0.232 e. The van der Waals surface area contributed by atoms with Crippen LogP contribution in [0.25, 0.3) is 0 Å². The molecule has 0 saturated carbocycles. The molecule has 2 aromatic rings. The topological polar surface area (TPSA) is 72.3 Å². The first-order valence-corrected chi connectivity index (χ1v) is 10.4. The number of rotatable bonds is 5. The Morgan fingerprint density at radius 1 is 1.38 bits per heavy atom. The molecule has 0 unspecified atom stereocenters. The van der Waals surface area contributed by atoms with Gasteiger partial charge in [-0.15, -0.1) is 0 Å². The SMILES string of the molecule is Cn1ccnc1SCC(=O)c1ccc2c(c1)CCCN2S(C)(=O)=O. The van der Waals surface area contributed by atoms with Gasteiger partial charge in [0.2, 0.25) is 10.0 Å². The number of hydrogen-bond donors (Lipinski definition) is 0. The number of Topliss-reactive ketones (excluding diaryl/α,β-unsaturated/α-hetero) is 1. The Balaban J connectivity index is 1.78. The molecule has 0 radical (unpaired) electrons. The van der Waals surface area contributed by atoms with Gasteiger partial charge in [0.25, 0.3) is 0 Å². The number of imidazole rings is 1. The molecule has 128 valence electrons. The van der Waals surface area contributed by atoms with E-state index >= 15 is 0 Å². The van der Waals surface area contributed by atoms with Crippen molar-refractivity contribution < 1.29 is 13.2 Å². The van der Waals surface area contributed by atoms with E-state index in [1.165, 1.54) is 22.3 Å². The minimum absolute atomic E-state index is 0.0160. The number of sulfonamides is 1. The zero-order chi connectivity index (χ0) is 17.3. The van der Waals surface area contributed by atoms with Crippen LogP contribution in [0.1, 0.15) is 22.3 Å². The molecule has 1 aromatic heterocycles. The van der Waals surface area contributed by atoms with Crippen LogP contribution in [0.5, 0.6) is 0 Å². The highest BCUT2D eigenvalue weighted by Crippen LogP contribution is 2.30. The van der Waals surface area contributed by atoms with E-state index in [1.807, 2.05) is 23.9 Å². The lowest BCUT2D eigenvalue weighted by molar-refractivity contribution is 0.102. The third-order valence-corrected chi connectivity index (χ3v) is 6.23. The number of hydrogen-bond acceptors (Lipinski definition) is 5. The predicted octanol–water partition coefficient (Wildman–Crippen LogP) is 2.11. The van der Waals surface area contributed by atoms with Gasteiger partial charge in [-0.3, -0.25) is 9.10 Å². The molecule has 0 fully saturated rings. The zero-order valence-electron chi connectivity index (χ0n) is 13.6. The Kier molecular flexibility index (Phi) is 4.69. The standard InChI is InChI=1S/C16H19N3O3S2/c1-18-9-7-17-16(18)23-11-15(20)13-5-6-14-12(10-13)4-3-8-19(14)24(2,21)22/h5-7,9-10H,3-4,8,11H2,1-2H3. The number of nitrogens with zero attached hydrogens (tertiary/aromatic N) is 3. The lowest BCUT2D eigenvalue weighted by Crippen LogP contribution is -2.34. The van der Waals surface area contributed by atoms with Gasteiger partial charge in [0.05, 0.1) is 17.7 Å². The average Bonchev–Trinajstić information content (AvgIpc) is 2.95. The first-order valence-electron chi connectivity index (χ1n) is 7.60. The van der Waals surface area contributed by atoms with E-state index in [4.69, 9.17) is 0 Å². The van der Waals surface area contributed by atoms with E-state index in [9.17, 15) is 13.2 Å². The van der Waals surface area contributed by atoms with Gasteiger partial charge >= 0.3 is 0 Å². The van der Waals surface area contributed by atoms with E-state index in [1.54, 1.807) is 18.3 Å². The van der Waals surface area contributed by atoms with Crippen molar-refractivity contribution in [2.75, 3.05) is 22.9 Å². The second-order valence-corrected chi connectivity index (χ2v) is 8.66. The van der Waals surface area contributed by atoms with Crippen molar-refractivity contribution in [3.05, 3.63) is 41.7 Å². The number of carbonyl (C=O) groups excluding carboxylic acids is 1. The highest BCUT2D eigenvalue weighted by atomic mass is 32.2. The summed E-state index contributed by atoms with van der Waals surface area (Å²) in [5.74, 6) is 0.321. The highest BCUT2D eigenvalue weighted by Gasteiger charge is 2.24. The van der Waals surface area contributed by atoms with Gasteiger partial charge in [0.15, 0.2) is 10.9 Å². The molecular weight excluding hydrogens is 346 g/mol. The number of ketones is 1. The first-order chi connectivity index (χ1) is 11.4. The Labute approximate surface area is 145 Å². The molecule has 8 heteroatoms. The summed E-state index contributed by atoms with van der Waals surface area (Å²) in [7, 11) is -1.40. The monoisotopic (exact) mass is 365 g/mol. The third kappa shape index (κ3) is 3.49. The van der Waals surface area contributed by atoms with Crippen LogP contribution in [0.3, 0.4) is 0 Å². The molecule has 3 rings (SSSR count). The van der Waals surface area contributed by atoms with Gasteiger partial charge in [-0.2, -0.15) is 0 Å². The van der Waals surface area contributed by atoms with Crippen molar-refractivity contribution in [3.8, 4) is 0 Å². The van der Waals surface area contributed by atoms with Crippen molar-refractivity contribution in [1.82, 2.24) is 9.55 Å². The summed E-state index contributed by atoms with van der Waals surface area (Å²) in [6, 6.07) is 5.28. The summed E-state index contributed by atoms with van der Waals surface area (Å²) < 4.78 is 27.0. The van der Waals surface area contributed by atoms with Crippen LogP contribution in [0, 0.1) is 0 Å². The normalized spacial score (nSPS) is 14.5. The van der Waals surface area contributed by atoms with Gasteiger partial charge < -0.3 is 4.57 Å². The largest absolute Gasteiger partial charge is 0.329 e. The average molecular weight is 365 g/mol. The van der Waals surface area contributed by atoms with Crippen LogP contribution in [0.4, 0.5) is 5.69 Å². The van der Waals surface area contributed by atoms with Gasteiger partial charge in [-0.1, -0.05) is 11.8 Å². The lowest BCUT2D eigenvalue weighted by Gasteiger charge is -2.29. The number of benzene rings is 1. The fourth-order valence-electron chi connectivity index (χ4n) is 2.78. The minimum Gasteiger partial charge on any atom is -0.329 e. The Morgan fingerprint density at radius 3 is 2.83 bits per heavy atom. The summed E-state index contributed by atoms with van der Waals surface area (Å²) in [4.78, 5) is 16.6. The van der Waals surface area contributed by atoms with Gasteiger partial charge in [0.1, 0.15) is 0 Å². The Hall–Kier alpha value is -1.80. The molecule has 1 aliphatic heterocycles. The molecule has 6 nitrogen and oxygen atoms in total. The van der Waals surface area contributed by atoms with Crippen LogP contribution in [0.15, 0.2) is 35.7 Å². The van der Waals surface area contributed by atoms with Crippen molar-refractivity contribution in [1.29, 1.82) is 0 Å². The van der Waals surface area contributed by atoms with Crippen molar-refractivity contribution >= 4 is 33.3 Å². The van der Waals surface area contributed by atoms with E-state index in [0.717, 1.165) is 23.6 Å². The Morgan fingerprint density at radius 2 is 2.17 bits per heavy atom. The molecule has 0 atom stereocenters. The van der Waals surface area contributed by atoms with E-state index in [2.05, 4.69) is 4.98 Å². The molecule has 0 aliphatic carbocycles. The maximum atomic E-state index is 12.4. The fraction of sp³-hybridized carbons (Fsp3) is 0.375. The van der Waals surface area contributed by atoms with E-state index < -0.39 is 10.0 Å². The zero-order valence-corrected chi connectivity index (χ0v) is 15.2. The molecule has 0 saturated heterocycles. The number of aromatic nitrogens is 2. The molecular formula is C16H19N3O3S2. The minimum atomic E-state index is -3.28. The second-order valence-electron chi connectivity index (χ2n) is 5.81. The molecule has 0 amide bonds. The summed E-state index contributed by atoms with van der Waals surface area (Å²) in [6.45, 7) is 0.494. The molecule has 24 heavy (non-hydrogen) atoms. The quantitative estimate of drug-likeness (QED) is 0.599. The maximum absolute atomic E-state index is 12.4. The van der Waals surface area contributed by atoms with Crippen LogP contribution in [-0.2, 0) is 23.5 Å². The first kappa shape index (κ1) is 17.0. The van der Waals surface area contributed by atoms with Crippen molar-refractivity contribution in [2.24, 2.45) is 7.05 Å². The van der Waals surface area contributed by atoms with E-state index in [-0.39, 0.29) is 5.78 Å². The Bertz CT molecular complexity index is 874. The second kappa shape index (κ2) is 6.60. The molecule has 0 bridgehead atoms. The molecule has 0 spiro atoms. The van der Waals surface area contributed by atoms with Gasteiger partial charge in [0, 0.05) is 31.5 Å². The van der Waals surface area contributed by atoms with Gasteiger partial charge in [-0.05, 0) is 36.6 Å². The van der Waals surface area contributed by atoms with Crippen LogP contribution >= 0.6 is 11.8 Å². The molecule has 1 aromatic carbocycles. The molecule has 2 heterocycles. The molecule has 1 aliphatic rings. The predicted molar refractivity (Wildman–Crippen MR) is 95.2 cm³/mol. The summed E-state index contributed by atoms with van der Waals surface area (Å²) in [5, 5.41) is 0.796. The number of carbonyl (C=O) groups is 1. The number of thioether (sulfide) groups is 1. The van der Waals surface area contributed by atoms with Gasteiger partial charge in [-0.25, -0.2) is 13.4 Å². The summed E-state index contributed by atoms with van der Waals surface area (Å²) in [5.41, 5.74) is 2.22. The molecule has 0 N–H and O–H groups in total. The number of fused-ring (bicyclic) bond motifs is 1. The summed E-state index contributed by atoms with van der Waals surface area (Å²) >= 11 is 1.39. The van der Waals surface area contributed by atoms with Crippen molar-refractivity contribution in [2.45, 2.75) is 18.0 Å². The fourth-order valence-corrected chi connectivity index (χ4v) is 4.61. The highest BCUT2D eigenvalue weighted by molar-refractivity contribution is 7.99. The lowest BCUT2D eigenvalue weighted by atomic mass is 9.99. The van der Waals surface area contributed by atoms with Crippen LogP contribution < -0.4 is 4.31 Å². The van der Waals surface area contributed by atoms with Crippen LogP contribution in [0.2, 0.25) is 0 Å². The number of anilines is 1. The van der Waals surface area contributed by atoms with Crippen LogP contribution in [-0.4, -0.2) is 42.3 Å². The van der Waals surface area contributed by atoms with E-state index in [0.29, 0.717) is 23.5 Å². The maximum Gasteiger partial charge on any atom is 0.232 e.